The van der Waals surface area contributed by atoms with Crippen molar-refractivity contribution in [2.45, 2.75) is 40.0 Å². The molecule has 1 aromatic heterocycles. The average Bonchev–Trinajstić information content (AvgIpc) is 2.22. The van der Waals surface area contributed by atoms with Crippen LogP contribution in [0.4, 0.5) is 0 Å². The van der Waals surface area contributed by atoms with E-state index in [0.717, 1.165) is 0 Å². The molecule has 0 fully saturated rings. The monoisotopic (exact) mass is 238 g/mol. The molecule has 1 rings (SSSR count). The van der Waals surface area contributed by atoms with E-state index in [1.807, 2.05) is 20.8 Å². The molecule has 0 radical (unpaired) electrons. The fourth-order valence-corrected chi connectivity index (χ4v) is 1.68. The SMILES string of the molecule is CCCC(=O)c1c(O)c(CC(C)C)coc1=O. The Morgan fingerprint density at radius 1 is 1.47 bits per heavy atom. The van der Waals surface area contributed by atoms with Crippen molar-refractivity contribution < 1.29 is 14.3 Å². The Balaban J connectivity index is 3.20. The second-order valence-corrected chi connectivity index (χ2v) is 4.54. The largest absolute Gasteiger partial charge is 0.507 e. The first-order chi connectivity index (χ1) is 7.97. The smallest absolute Gasteiger partial charge is 0.350 e. The summed E-state index contributed by atoms with van der Waals surface area (Å²) in [5.74, 6) is -0.263. The maximum atomic E-state index is 11.7. The summed E-state index contributed by atoms with van der Waals surface area (Å²) in [7, 11) is 0. The van der Waals surface area contributed by atoms with Crippen molar-refractivity contribution >= 4 is 5.78 Å². The van der Waals surface area contributed by atoms with Gasteiger partial charge in [-0.25, -0.2) is 4.79 Å². The van der Waals surface area contributed by atoms with Crippen molar-refractivity contribution in [1.82, 2.24) is 0 Å². The maximum Gasteiger partial charge on any atom is 0.350 e. The van der Waals surface area contributed by atoms with Gasteiger partial charge < -0.3 is 9.52 Å². The molecule has 0 aliphatic carbocycles. The normalized spacial score (nSPS) is 10.8. The van der Waals surface area contributed by atoms with Gasteiger partial charge >= 0.3 is 5.63 Å². The minimum Gasteiger partial charge on any atom is -0.507 e. The Morgan fingerprint density at radius 3 is 2.65 bits per heavy atom. The number of Topliss-reactive ketones (excluding diaryl/α,β-unsaturated/α-hetero) is 1. The van der Waals surface area contributed by atoms with E-state index >= 15 is 0 Å². The molecular formula is C13H18O4. The molecule has 0 bridgehead atoms. The second-order valence-electron chi connectivity index (χ2n) is 4.54. The number of hydrogen-bond acceptors (Lipinski definition) is 4. The Labute approximate surface area is 100 Å². The lowest BCUT2D eigenvalue weighted by molar-refractivity contribution is 0.0974. The molecule has 0 aliphatic heterocycles. The van der Waals surface area contributed by atoms with E-state index in [1.165, 1.54) is 6.26 Å². The number of ketones is 1. The van der Waals surface area contributed by atoms with Crippen LogP contribution in [0.25, 0.3) is 0 Å². The molecule has 0 unspecified atom stereocenters. The van der Waals surface area contributed by atoms with Gasteiger partial charge in [0.15, 0.2) is 5.78 Å². The van der Waals surface area contributed by atoms with E-state index in [1.54, 1.807) is 0 Å². The second kappa shape index (κ2) is 5.66. The van der Waals surface area contributed by atoms with Crippen LogP contribution in [0.1, 0.15) is 49.5 Å². The summed E-state index contributed by atoms with van der Waals surface area (Å²) in [6, 6.07) is 0. The topological polar surface area (TPSA) is 67.5 Å². The maximum absolute atomic E-state index is 11.7. The predicted molar refractivity (Wildman–Crippen MR) is 64.4 cm³/mol. The van der Waals surface area contributed by atoms with Crippen molar-refractivity contribution in [1.29, 1.82) is 0 Å². The van der Waals surface area contributed by atoms with Crippen LogP contribution in [0.3, 0.4) is 0 Å². The Kier molecular flexibility index (Phi) is 4.49. The minimum absolute atomic E-state index is 0.204. The quantitative estimate of drug-likeness (QED) is 0.800. The summed E-state index contributed by atoms with van der Waals surface area (Å²) in [5.41, 5.74) is -0.447. The first-order valence-corrected chi connectivity index (χ1v) is 5.84. The zero-order valence-electron chi connectivity index (χ0n) is 10.4. The molecule has 1 N–H and O–H groups in total. The van der Waals surface area contributed by atoms with E-state index in [4.69, 9.17) is 4.42 Å². The van der Waals surface area contributed by atoms with Crippen molar-refractivity contribution in [2.75, 3.05) is 0 Å². The fraction of sp³-hybridized carbons (Fsp3) is 0.538. The van der Waals surface area contributed by atoms with Crippen LogP contribution in [-0.4, -0.2) is 10.9 Å². The third-order valence-electron chi connectivity index (χ3n) is 2.44. The highest BCUT2D eigenvalue weighted by Gasteiger charge is 2.20. The van der Waals surface area contributed by atoms with Crippen molar-refractivity contribution in [3.63, 3.8) is 0 Å². The lowest BCUT2D eigenvalue weighted by atomic mass is 10.00. The van der Waals surface area contributed by atoms with Crippen LogP contribution in [0.2, 0.25) is 0 Å². The summed E-state index contributed by atoms with van der Waals surface area (Å²) >= 11 is 0. The number of aromatic hydroxyl groups is 1. The molecule has 0 aromatic carbocycles. The number of hydrogen-bond donors (Lipinski definition) is 1. The van der Waals surface area contributed by atoms with Gasteiger partial charge in [0.25, 0.3) is 0 Å². The van der Waals surface area contributed by atoms with E-state index in [-0.39, 0.29) is 23.5 Å². The molecule has 94 valence electrons. The summed E-state index contributed by atoms with van der Waals surface area (Å²) in [6.07, 6.45) is 2.68. The number of rotatable bonds is 5. The lowest BCUT2D eigenvalue weighted by Gasteiger charge is -2.08. The van der Waals surface area contributed by atoms with Crippen LogP contribution in [-0.2, 0) is 6.42 Å². The Morgan fingerprint density at radius 2 is 2.12 bits per heavy atom. The Bertz CT molecular complexity index is 457. The van der Waals surface area contributed by atoms with Crippen molar-refractivity contribution in [3.05, 3.63) is 27.8 Å². The Hall–Kier alpha value is -1.58. The number of carbonyl (C=O) groups is 1. The van der Waals surface area contributed by atoms with Crippen LogP contribution >= 0.6 is 0 Å². The molecule has 0 spiro atoms. The summed E-state index contributed by atoms with van der Waals surface area (Å²) in [6.45, 7) is 5.81. The predicted octanol–water partition coefficient (Wildman–Crippen LogP) is 2.53. The van der Waals surface area contributed by atoms with Crippen LogP contribution in [0.15, 0.2) is 15.5 Å². The van der Waals surface area contributed by atoms with E-state index in [2.05, 4.69) is 0 Å². The van der Waals surface area contributed by atoms with Crippen molar-refractivity contribution in [2.24, 2.45) is 5.92 Å². The third kappa shape index (κ3) is 3.19. The van der Waals surface area contributed by atoms with Gasteiger partial charge in [-0.3, -0.25) is 4.79 Å². The van der Waals surface area contributed by atoms with Gasteiger partial charge in [0, 0.05) is 12.0 Å². The van der Waals surface area contributed by atoms with Gasteiger partial charge in [-0.2, -0.15) is 0 Å². The molecule has 1 heterocycles. The van der Waals surface area contributed by atoms with Crippen LogP contribution in [0, 0.1) is 5.92 Å². The fourth-order valence-electron chi connectivity index (χ4n) is 1.68. The molecule has 0 amide bonds. The molecule has 1 aromatic rings. The summed E-state index contributed by atoms with van der Waals surface area (Å²) in [4.78, 5) is 23.2. The minimum atomic E-state index is -0.756. The summed E-state index contributed by atoms with van der Waals surface area (Å²) in [5, 5.41) is 9.93. The van der Waals surface area contributed by atoms with Gasteiger partial charge in [-0.15, -0.1) is 0 Å². The zero-order chi connectivity index (χ0) is 13.0. The van der Waals surface area contributed by atoms with Crippen LogP contribution < -0.4 is 5.63 Å². The first kappa shape index (κ1) is 13.5. The molecule has 0 atom stereocenters. The van der Waals surface area contributed by atoms with E-state index in [9.17, 15) is 14.7 Å². The van der Waals surface area contributed by atoms with Gasteiger partial charge in [-0.1, -0.05) is 20.8 Å². The van der Waals surface area contributed by atoms with E-state index in [0.29, 0.717) is 24.3 Å². The first-order valence-electron chi connectivity index (χ1n) is 5.84. The number of carbonyl (C=O) groups excluding carboxylic acids is 1. The van der Waals surface area contributed by atoms with Gasteiger partial charge in [0.05, 0.1) is 0 Å². The molecule has 4 heteroatoms. The molecular weight excluding hydrogens is 220 g/mol. The summed E-state index contributed by atoms with van der Waals surface area (Å²) < 4.78 is 4.80. The van der Waals surface area contributed by atoms with Crippen molar-refractivity contribution in [3.8, 4) is 5.75 Å². The third-order valence-corrected chi connectivity index (χ3v) is 2.44. The molecule has 0 saturated heterocycles. The van der Waals surface area contributed by atoms with Gasteiger partial charge in [0.2, 0.25) is 0 Å². The van der Waals surface area contributed by atoms with Gasteiger partial charge in [0.1, 0.15) is 17.6 Å². The molecule has 0 aliphatic rings. The van der Waals surface area contributed by atoms with Gasteiger partial charge in [-0.05, 0) is 18.8 Å². The van der Waals surface area contributed by atoms with E-state index < -0.39 is 5.63 Å². The lowest BCUT2D eigenvalue weighted by Crippen LogP contribution is -2.15. The molecule has 4 nitrogen and oxygen atoms in total. The average molecular weight is 238 g/mol. The molecule has 17 heavy (non-hydrogen) atoms. The highest BCUT2D eigenvalue weighted by molar-refractivity contribution is 5.98. The highest BCUT2D eigenvalue weighted by Crippen LogP contribution is 2.23. The van der Waals surface area contributed by atoms with Crippen LogP contribution in [0.5, 0.6) is 5.75 Å². The molecule has 0 saturated carbocycles. The highest BCUT2D eigenvalue weighted by atomic mass is 16.4. The standard InChI is InChI=1S/C13H18O4/c1-4-5-10(14)11-12(15)9(6-8(2)3)7-17-13(11)16/h7-8,15H,4-6H2,1-3H3. The zero-order valence-corrected chi connectivity index (χ0v) is 10.4.